The number of nitrogens with zero attached hydrogens (tertiary/aromatic N) is 1. The summed E-state index contributed by atoms with van der Waals surface area (Å²) in [6, 6.07) is 13.0. The lowest BCUT2D eigenvalue weighted by Gasteiger charge is -2.08. The zero-order chi connectivity index (χ0) is 18.5. The summed E-state index contributed by atoms with van der Waals surface area (Å²) in [5.74, 6) is -0.334. The number of halogens is 1. The first-order valence-electron chi connectivity index (χ1n) is 7.83. The molecule has 26 heavy (non-hydrogen) atoms. The van der Waals surface area contributed by atoms with Crippen molar-refractivity contribution in [3.8, 4) is 17.0 Å². The molecule has 0 bridgehead atoms. The number of hydrogen-bond acceptors (Lipinski definition) is 4. The molecule has 0 aliphatic rings. The molecule has 0 aliphatic heterocycles. The molecule has 0 radical (unpaired) electrons. The third-order valence-electron chi connectivity index (χ3n) is 3.73. The van der Waals surface area contributed by atoms with Gasteiger partial charge in [0.05, 0.1) is 19.2 Å². The monoisotopic (exact) mass is 385 g/mol. The van der Waals surface area contributed by atoms with Gasteiger partial charge in [-0.2, -0.15) is 0 Å². The minimum atomic E-state index is -0.898. The lowest BCUT2D eigenvalue weighted by Crippen LogP contribution is -2.02. The highest BCUT2D eigenvalue weighted by Gasteiger charge is 2.11. The average Bonchev–Trinajstić information content (AvgIpc) is 3.10. The van der Waals surface area contributed by atoms with Gasteiger partial charge in [0.2, 0.25) is 0 Å². The second kappa shape index (κ2) is 8.17. The van der Waals surface area contributed by atoms with Gasteiger partial charge in [0.25, 0.3) is 0 Å². The van der Waals surface area contributed by atoms with Gasteiger partial charge in [0.15, 0.2) is 0 Å². The number of ether oxygens (including phenoxy) is 1. The number of aromatic nitrogens is 1. The van der Waals surface area contributed by atoms with E-state index in [1.165, 1.54) is 18.4 Å². The van der Waals surface area contributed by atoms with E-state index in [2.05, 4.69) is 4.98 Å². The van der Waals surface area contributed by atoms with Gasteiger partial charge < -0.3 is 9.84 Å². The Bertz CT molecular complexity index is 948. The number of carboxylic acid groups (broad SMARTS) is 1. The van der Waals surface area contributed by atoms with Crippen LogP contribution in [0, 0.1) is 0 Å². The molecule has 0 saturated heterocycles. The van der Waals surface area contributed by atoms with Gasteiger partial charge in [-0.3, -0.25) is 4.79 Å². The summed E-state index contributed by atoms with van der Waals surface area (Å²) < 4.78 is 5.24. The highest BCUT2D eigenvalue weighted by atomic mass is 35.5. The first-order valence-corrected chi connectivity index (χ1v) is 9.09. The topological polar surface area (TPSA) is 59.4 Å². The van der Waals surface area contributed by atoms with Gasteiger partial charge in [-0.05, 0) is 42.0 Å². The Morgan fingerprint density at radius 3 is 2.69 bits per heavy atom. The smallest absolute Gasteiger partial charge is 0.307 e. The van der Waals surface area contributed by atoms with Crippen LogP contribution >= 0.6 is 22.9 Å². The van der Waals surface area contributed by atoms with E-state index < -0.39 is 5.97 Å². The minimum absolute atomic E-state index is 0.0928. The largest absolute Gasteiger partial charge is 0.496 e. The zero-order valence-electron chi connectivity index (χ0n) is 14.0. The molecule has 0 aliphatic carbocycles. The summed E-state index contributed by atoms with van der Waals surface area (Å²) in [4.78, 5) is 15.6. The standard InChI is InChI=1S/C20H16ClNO3S/c1-25-18-8-5-14(10-15(18)11-20(23)24)17-12-26-19(22-17)9-4-13-2-6-16(21)7-3-13/h2-10,12H,11H2,1H3,(H,23,24)/b9-4+. The van der Waals surface area contributed by atoms with Crippen molar-refractivity contribution in [3.05, 3.63) is 69.0 Å². The van der Waals surface area contributed by atoms with E-state index in [9.17, 15) is 4.79 Å². The number of methoxy groups -OCH3 is 1. The molecule has 4 nitrogen and oxygen atoms in total. The van der Waals surface area contributed by atoms with Gasteiger partial charge in [-0.1, -0.05) is 29.8 Å². The SMILES string of the molecule is COc1ccc(-c2csc(/C=C/c3ccc(Cl)cc3)n2)cc1CC(=O)O. The van der Waals surface area contributed by atoms with E-state index in [0.29, 0.717) is 16.3 Å². The van der Waals surface area contributed by atoms with Crippen LogP contribution in [0.25, 0.3) is 23.4 Å². The second-order valence-electron chi connectivity index (χ2n) is 5.55. The van der Waals surface area contributed by atoms with Crippen LogP contribution < -0.4 is 4.74 Å². The predicted octanol–water partition coefficient (Wildman–Crippen LogP) is 5.27. The lowest BCUT2D eigenvalue weighted by molar-refractivity contribution is -0.136. The Labute approximate surface area is 160 Å². The van der Waals surface area contributed by atoms with Gasteiger partial charge in [-0.15, -0.1) is 11.3 Å². The maximum Gasteiger partial charge on any atom is 0.307 e. The van der Waals surface area contributed by atoms with Gasteiger partial charge in [0.1, 0.15) is 10.8 Å². The first-order chi connectivity index (χ1) is 12.5. The molecule has 1 heterocycles. The van der Waals surface area contributed by atoms with E-state index in [1.54, 1.807) is 6.07 Å². The molecule has 0 unspecified atom stereocenters. The number of carbonyl (C=O) groups is 1. The van der Waals surface area contributed by atoms with Crippen molar-refractivity contribution in [1.29, 1.82) is 0 Å². The number of carboxylic acids is 1. The fourth-order valence-electron chi connectivity index (χ4n) is 2.48. The molecule has 0 fully saturated rings. The fraction of sp³-hybridized carbons (Fsp3) is 0.100. The molecule has 2 aromatic carbocycles. The van der Waals surface area contributed by atoms with Crippen molar-refractivity contribution in [2.75, 3.05) is 7.11 Å². The third kappa shape index (κ3) is 4.50. The molecule has 0 spiro atoms. The highest BCUT2D eigenvalue weighted by Crippen LogP contribution is 2.28. The Kier molecular flexibility index (Phi) is 5.71. The van der Waals surface area contributed by atoms with Crippen molar-refractivity contribution in [2.45, 2.75) is 6.42 Å². The molecule has 3 aromatic rings. The fourth-order valence-corrected chi connectivity index (χ4v) is 3.32. The molecule has 0 amide bonds. The van der Waals surface area contributed by atoms with E-state index in [-0.39, 0.29) is 6.42 Å². The Morgan fingerprint density at radius 2 is 2.00 bits per heavy atom. The van der Waals surface area contributed by atoms with Crippen LogP contribution in [0.15, 0.2) is 47.8 Å². The van der Waals surface area contributed by atoms with E-state index in [4.69, 9.17) is 21.4 Å². The van der Waals surface area contributed by atoms with Crippen molar-refractivity contribution in [2.24, 2.45) is 0 Å². The van der Waals surface area contributed by atoms with Gasteiger partial charge >= 0.3 is 5.97 Å². The van der Waals surface area contributed by atoms with E-state index in [1.807, 2.05) is 53.9 Å². The molecule has 0 atom stereocenters. The lowest BCUT2D eigenvalue weighted by atomic mass is 10.1. The first kappa shape index (κ1) is 18.2. The molecule has 1 aromatic heterocycles. The normalized spacial score (nSPS) is 11.0. The Balaban J connectivity index is 1.83. The molecule has 3 rings (SSSR count). The summed E-state index contributed by atoms with van der Waals surface area (Å²) in [5.41, 5.74) is 3.34. The highest BCUT2D eigenvalue weighted by molar-refractivity contribution is 7.10. The van der Waals surface area contributed by atoms with Crippen LogP contribution in [0.3, 0.4) is 0 Å². The molecule has 6 heteroatoms. The maximum absolute atomic E-state index is 11.0. The summed E-state index contributed by atoms with van der Waals surface area (Å²) in [7, 11) is 1.53. The summed E-state index contributed by atoms with van der Waals surface area (Å²) in [6.45, 7) is 0. The quantitative estimate of drug-likeness (QED) is 0.628. The third-order valence-corrected chi connectivity index (χ3v) is 4.79. The van der Waals surface area contributed by atoms with Crippen molar-refractivity contribution in [3.63, 3.8) is 0 Å². The van der Waals surface area contributed by atoms with Gasteiger partial charge in [0, 0.05) is 21.5 Å². The van der Waals surface area contributed by atoms with E-state index in [0.717, 1.165) is 21.8 Å². The second-order valence-corrected chi connectivity index (χ2v) is 6.88. The van der Waals surface area contributed by atoms with Crippen LogP contribution in [-0.2, 0) is 11.2 Å². The average molecular weight is 386 g/mol. The zero-order valence-corrected chi connectivity index (χ0v) is 15.6. The van der Waals surface area contributed by atoms with Crippen LogP contribution in [0.2, 0.25) is 5.02 Å². The molecule has 0 saturated carbocycles. The van der Waals surface area contributed by atoms with Crippen molar-refractivity contribution < 1.29 is 14.6 Å². The van der Waals surface area contributed by atoms with Crippen molar-refractivity contribution in [1.82, 2.24) is 4.98 Å². The van der Waals surface area contributed by atoms with Gasteiger partial charge in [-0.25, -0.2) is 4.98 Å². The van der Waals surface area contributed by atoms with Crippen molar-refractivity contribution >= 4 is 41.1 Å². The molecule has 132 valence electrons. The summed E-state index contributed by atoms with van der Waals surface area (Å²) in [5, 5.41) is 12.6. The number of benzene rings is 2. The summed E-state index contributed by atoms with van der Waals surface area (Å²) >= 11 is 7.41. The maximum atomic E-state index is 11.0. The Hall–Kier alpha value is -2.63. The van der Waals surface area contributed by atoms with Crippen LogP contribution in [0.1, 0.15) is 16.1 Å². The number of rotatable bonds is 6. The van der Waals surface area contributed by atoms with Crippen LogP contribution in [0.4, 0.5) is 0 Å². The predicted molar refractivity (Wildman–Crippen MR) is 106 cm³/mol. The summed E-state index contributed by atoms with van der Waals surface area (Å²) in [6.07, 6.45) is 3.83. The Morgan fingerprint density at radius 1 is 1.23 bits per heavy atom. The number of aliphatic carboxylic acids is 1. The minimum Gasteiger partial charge on any atom is -0.496 e. The van der Waals surface area contributed by atoms with E-state index >= 15 is 0 Å². The van der Waals surface area contributed by atoms with Crippen LogP contribution in [0.5, 0.6) is 5.75 Å². The molecular weight excluding hydrogens is 370 g/mol. The molecule has 1 N–H and O–H groups in total. The number of hydrogen-bond donors (Lipinski definition) is 1. The van der Waals surface area contributed by atoms with Crippen LogP contribution in [-0.4, -0.2) is 23.2 Å². The number of thiazole rings is 1. The molecular formula is C20H16ClNO3S.